The van der Waals surface area contributed by atoms with Crippen molar-refractivity contribution in [3.63, 3.8) is 0 Å². The third-order valence-electron chi connectivity index (χ3n) is 4.15. The lowest BCUT2D eigenvalue weighted by molar-refractivity contribution is -0.153. The fraction of sp³-hybridized carbons (Fsp3) is 0.250. The van der Waals surface area contributed by atoms with E-state index < -0.39 is 36.5 Å². The van der Waals surface area contributed by atoms with Crippen molar-refractivity contribution in [1.82, 2.24) is 15.3 Å². The molecule has 2 aromatic heterocycles. The lowest BCUT2D eigenvalue weighted by Gasteiger charge is -2.13. The summed E-state index contributed by atoms with van der Waals surface area (Å²) in [6.45, 7) is 0.186. The van der Waals surface area contributed by atoms with Gasteiger partial charge in [0, 0.05) is 10.9 Å². The molecule has 0 saturated heterocycles. The van der Waals surface area contributed by atoms with Gasteiger partial charge < -0.3 is 10.1 Å². The zero-order valence-corrected chi connectivity index (χ0v) is 17.1. The minimum atomic E-state index is -4.47. The van der Waals surface area contributed by atoms with E-state index >= 15 is 0 Å². The van der Waals surface area contributed by atoms with E-state index in [0.29, 0.717) is 16.3 Å². The SMILES string of the molecule is C[C@@H](NC(=O)c1csc(-c2ccc(C(F)(F)F)cc2)n1)c1ccc(OCC(F)(F)F)cn1. The van der Waals surface area contributed by atoms with E-state index in [1.165, 1.54) is 29.6 Å². The van der Waals surface area contributed by atoms with Crippen LogP contribution in [0.5, 0.6) is 5.75 Å². The van der Waals surface area contributed by atoms with Crippen molar-refractivity contribution in [2.45, 2.75) is 25.3 Å². The molecule has 1 atom stereocenters. The summed E-state index contributed by atoms with van der Waals surface area (Å²) in [5.41, 5.74) is 0.107. The number of pyridine rings is 1. The molecule has 0 aliphatic rings. The molecular weight excluding hydrogens is 460 g/mol. The fourth-order valence-electron chi connectivity index (χ4n) is 2.56. The third-order valence-corrected chi connectivity index (χ3v) is 5.04. The summed E-state index contributed by atoms with van der Waals surface area (Å²) in [4.78, 5) is 20.6. The number of carbonyl (C=O) groups is 1. The van der Waals surface area contributed by atoms with Crippen LogP contribution in [0.15, 0.2) is 48.0 Å². The average molecular weight is 475 g/mol. The van der Waals surface area contributed by atoms with Crippen molar-refractivity contribution < 1.29 is 35.9 Å². The van der Waals surface area contributed by atoms with E-state index in [9.17, 15) is 31.1 Å². The Hall–Kier alpha value is -3.15. The Morgan fingerprint density at radius 3 is 2.34 bits per heavy atom. The maximum Gasteiger partial charge on any atom is 0.422 e. The molecule has 2 heterocycles. The number of halogens is 6. The first-order valence-corrected chi connectivity index (χ1v) is 9.90. The number of nitrogens with one attached hydrogen (secondary N) is 1. The van der Waals surface area contributed by atoms with Gasteiger partial charge in [-0.05, 0) is 31.2 Å². The van der Waals surface area contributed by atoms with E-state index in [1.54, 1.807) is 6.92 Å². The summed E-state index contributed by atoms with van der Waals surface area (Å²) in [6, 6.07) is 6.57. The van der Waals surface area contributed by atoms with Crippen LogP contribution in [0.25, 0.3) is 10.6 Å². The van der Waals surface area contributed by atoms with Gasteiger partial charge >= 0.3 is 12.4 Å². The Labute approximate surface area is 182 Å². The topological polar surface area (TPSA) is 64.1 Å². The summed E-state index contributed by atoms with van der Waals surface area (Å²) < 4.78 is 79.2. The molecule has 3 rings (SSSR count). The number of thiazole rings is 1. The molecule has 0 bridgehead atoms. The third kappa shape index (κ3) is 6.19. The molecule has 1 N–H and O–H groups in total. The van der Waals surface area contributed by atoms with Crippen LogP contribution in [-0.4, -0.2) is 28.7 Å². The Morgan fingerprint density at radius 2 is 1.78 bits per heavy atom. The summed E-state index contributed by atoms with van der Waals surface area (Å²) >= 11 is 1.10. The zero-order valence-electron chi connectivity index (χ0n) is 16.3. The summed E-state index contributed by atoms with van der Waals surface area (Å²) in [7, 11) is 0. The number of hydrogen-bond acceptors (Lipinski definition) is 5. The van der Waals surface area contributed by atoms with Gasteiger partial charge in [-0.2, -0.15) is 26.3 Å². The number of amides is 1. The molecule has 0 saturated carbocycles. The summed E-state index contributed by atoms with van der Waals surface area (Å²) in [5.74, 6) is -0.601. The molecule has 1 aromatic carbocycles. The van der Waals surface area contributed by atoms with Gasteiger partial charge in [0.25, 0.3) is 5.91 Å². The molecule has 0 fully saturated rings. The Kier molecular flexibility index (Phi) is 6.72. The number of rotatable bonds is 6. The number of ether oxygens (including phenoxy) is 1. The van der Waals surface area contributed by atoms with Crippen LogP contribution in [0.4, 0.5) is 26.3 Å². The van der Waals surface area contributed by atoms with E-state index in [4.69, 9.17) is 0 Å². The quantitative estimate of drug-likeness (QED) is 0.468. The minimum absolute atomic E-state index is 0.0645. The van der Waals surface area contributed by atoms with Crippen LogP contribution in [0.1, 0.15) is 34.7 Å². The maximum atomic E-state index is 12.7. The molecule has 12 heteroatoms. The van der Waals surface area contributed by atoms with Gasteiger partial charge in [-0.1, -0.05) is 12.1 Å². The second kappa shape index (κ2) is 9.15. The number of aromatic nitrogens is 2. The molecule has 32 heavy (non-hydrogen) atoms. The molecule has 0 aliphatic carbocycles. The molecule has 0 spiro atoms. The molecule has 0 unspecified atom stereocenters. The number of alkyl halides is 6. The molecule has 0 aliphatic heterocycles. The average Bonchev–Trinajstić information content (AvgIpc) is 3.22. The van der Waals surface area contributed by atoms with Crippen LogP contribution < -0.4 is 10.1 Å². The smallest absolute Gasteiger partial charge is 0.422 e. The highest BCUT2D eigenvalue weighted by molar-refractivity contribution is 7.13. The first-order valence-electron chi connectivity index (χ1n) is 9.02. The van der Waals surface area contributed by atoms with Crippen molar-refractivity contribution in [2.75, 3.05) is 6.61 Å². The number of carbonyl (C=O) groups excluding carboxylic acids is 1. The van der Waals surface area contributed by atoms with E-state index in [1.807, 2.05) is 0 Å². The predicted octanol–water partition coefficient (Wildman–Crippen LogP) is 5.66. The highest BCUT2D eigenvalue weighted by atomic mass is 32.1. The fourth-order valence-corrected chi connectivity index (χ4v) is 3.36. The Bertz CT molecular complexity index is 1060. The number of hydrogen-bond donors (Lipinski definition) is 1. The monoisotopic (exact) mass is 475 g/mol. The van der Waals surface area contributed by atoms with Crippen LogP contribution in [0, 0.1) is 0 Å². The second-order valence-corrected chi connectivity index (χ2v) is 7.49. The highest BCUT2D eigenvalue weighted by Crippen LogP contribution is 2.32. The van der Waals surface area contributed by atoms with Gasteiger partial charge in [-0.15, -0.1) is 11.3 Å². The second-order valence-electron chi connectivity index (χ2n) is 6.63. The Morgan fingerprint density at radius 1 is 1.09 bits per heavy atom. The van der Waals surface area contributed by atoms with Gasteiger partial charge in [0.2, 0.25) is 0 Å². The summed E-state index contributed by atoms with van der Waals surface area (Å²) in [6.07, 6.45) is -7.79. The van der Waals surface area contributed by atoms with Crippen LogP contribution in [0.2, 0.25) is 0 Å². The van der Waals surface area contributed by atoms with Crippen molar-refractivity contribution in [2.24, 2.45) is 0 Å². The molecular formula is C20H15F6N3O2S. The minimum Gasteiger partial charge on any atom is -0.483 e. The van der Waals surface area contributed by atoms with E-state index in [2.05, 4.69) is 20.0 Å². The van der Waals surface area contributed by atoms with Crippen molar-refractivity contribution >= 4 is 17.2 Å². The standard InChI is InChI=1S/C20H15F6N3O2S/c1-11(15-7-6-14(8-27-15)31-10-19(21,22)23)28-17(30)16-9-32-18(29-16)12-2-4-13(5-3-12)20(24,25)26/h2-9,11H,10H2,1H3,(H,28,30)/t11-/m1/s1. The van der Waals surface area contributed by atoms with Gasteiger partial charge in [-0.25, -0.2) is 4.98 Å². The molecule has 1 amide bonds. The lowest BCUT2D eigenvalue weighted by atomic mass is 10.1. The van der Waals surface area contributed by atoms with Gasteiger partial charge in [0.15, 0.2) is 6.61 Å². The predicted molar refractivity (Wildman–Crippen MR) is 104 cm³/mol. The number of nitrogens with zero attached hydrogens (tertiary/aromatic N) is 2. The van der Waals surface area contributed by atoms with Gasteiger partial charge in [-0.3, -0.25) is 9.78 Å². The first-order chi connectivity index (χ1) is 14.9. The van der Waals surface area contributed by atoms with Crippen LogP contribution in [0.3, 0.4) is 0 Å². The van der Waals surface area contributed by atoms with Crippen LogP contribution in [-0.2, 0) is 6.18 Å². The normalized spacial score (nSPS) is 13.0. The summed E-state index contributed by atoms with van der Waals surface area (Å²) in [5, 5.41) is 4.50. The van der Waals surface area contributed by atoms with Crippen molar-refractivity contribution in [3.8, 4) is 16.3 Å². The van der Waals surface area contributed by atoms with Crippen LogP contribution >= 0.6 is 11.3 Å². The molecule has 5 nitrogen and oxygen atoms in total. The first kappa shape index (κ1) is 23.5. The number of benzene rings is 1. The maximum absolute atomic E-state index is 12.7. The van der Waals surface area contributed by atoms with Gasteiger partial charge in [0.05, 0.1) is 23.5 Å². The lowest BCUT2D eigenvalue weighted by Crippen LogP contribution is -2.27. The Balaban J connectivity index is 1.62. The molecule has 0 radical (unpaired) electrons. The van der Waals surface area contributed by atoms with Crippen molar-refractivity contribution in [1.29, 1.82) is 0 Å². The van der Waals surface area contributed by atoms with Crippen molar-refractivity contribution in [3.05, 3.63) is 64.9 Å². The van der Waals surface area contributed by atoms with E-state index in [-0.39, 0.29) is 11.4 Å². The van der Waals surface area contributed by atoms with Gasteiger partial charge in [0.1, 0.15) is 16.5 Å². The highest BCUT2D eigenvalue weighted by Gasteiger charge is 2.30. The zero-order chi connectivity index (χ0) is 23.5. The largest absolute Gasteiger partial charge is 0.483 e. The molecule has 3 aromatic rings. The molecule has 170 valence electrons. The van der Waals surface area contributed by atoms with E-state index in [0.717, 1.165) is 29.7 Å².